The van der Waals surface area contributed by atoms with Gasteiger partial charge in [-0.05, 0) is 45.4 Å². The van der Waals surface area contributed by atoms with Crippen molar-refractivity contribution >= 4 is 17.5 Å². The maximum atomic E-state index is 13.6. The molecule has 1 rings (SSSR count). The molecule has 0 saturated carbocycles. The van der Waals surface area contributed by atoms with E-state index in [9.17, 15) is 9.18 Å². The Labute approximate surface area is 113 Å². The maximum Gasteiger partial charge on any atom is 0.412 e. The third kappa shape index (κ3) is 5.59. The van der Waals surface area contributed by atoms with E-state index in [1.54, 1.807) is 32.9 Å². The molecule has 0 heterocycles. The summed E-state index contributed by atoms with van der Waals surface area (Å²) in [5.74, 6) is -0.493. The summed E-state index contributed by atoms with van der Waals surface area (Å²) in [7, 11) is 0. The van der Waals surface area contributed by atoms with Crippen LogP contribution in [0.5, 0.6) is 0 Å². The molecule has 0 aliphatic carbocycles. The van der Waals surface area contributed by atoms with Crippen LogP contribution in [0.2, 0.25) is 0 Å². The Morgan fingerprint density at radius 1 is 1.37 bits per heavy atom. The lowest BCUT2D eigenvalue weighted by atomic mass is 10.2. The number of carbonyl (C=O) groups is 1. The highest BCUT2D eigenvalue weighted by Crippen LogP contribution is 2.20. The molecule has 0 aliphatic rings. The van der Waals surface area contributed by atoms with Crippen molar-refractivity contribution in [1.29, 1.82) is 0 Å². The number of benzene rings is 1. The number of rotatable bonds is 4. The van der Waals surface area contributed by atoms with Gasteiger partial charge in [-0.3, -0.25) is 5.32 Å². The maximum absolute atomic E-state index is 13.6. The van der Waals surface area contributed by atoms with Crippen LogP contribution in [0, 0.1) is 5.82 Å². The van der Waals surface area contributed by atoms with Gasteiger partial charge in [-0.2, -0.15) is 0 Å². The van der Waals surface area contributed by atoms with Gasteiger partial charge in [0.25, 0.3) is 0 Å². The van der Waals surface area contributed by atoms with Gasteiger partial charge in [0.1, 0.15) is 11.4 Å². The van der Waals surface area contributed by atoms with Crippen molar-refractivity contribution in [2.24, 2.45) is 0 Å². The number of hydrogen-bond acceptors (Lipinski definition) is 3. The van der Waals surface area contributed by atoms with Crippen LogP contribution in [-0.4, -0.2) is 18.2 Å². The fourth-order valence-corrected chi connectivity index (χ4v) is 1.41. The van der Waals surface area contributed by atoms with E-state index in [0.29, 0.717) is 0 Å². The summed E-state index contributed by atoms with van der Waals surface area (Å²) in [6.07, 6.45) is 0.297. The van der Waals surface area contributed by atoms with Gasteiger partial charge in [-0.1, -0.05) is 6.92 Å². The van der Waals surface area contributed by atoms with Crippen LogP contribution in [0.1, 0.15) is 34.1 Å². The zero-order valence-electron chi connectivity index (χ0n) is 11.8. The molecular formula is C14H21FN2O2. The molecule has 0 aliphatic heterocycles. The summed E-state index contributed by atoms with van der Waals surface area (Å²) < 4.78 is 18.7. The molecule has 0 aromatic heterocycles. The summed E-state index contributed by atoms with van der Waals surface area (Å²) in [6.45, 7) is 8.08. The van der Waals surface area contributed by atoms with Gasteiger partial charge < -0.3 is 10.1 Å². The van der Waals surface area contributed by atoms with Gasteiger partial charge in [-0.15, -0.1) is 0 Å². The minimum absolute atomic E-state index is 0.107. The minimum Gasteiger partial charge on any atom is -0.444 e. The summed E-state index contributed by atoms with van der Waals surface area (Å²) >= 11 is 0. The van der Waals surface area contributed by atoms with Crippen LogP contribution in [0.3, 0.4) is 0 Å². The lowest BCUT2D eigenvalue weighted by Gasteiger charge is -2.20. The Kier molecular flexibility index (Phi) is 5.15. The van der Waals surface area contributed by atoms with E-state index < -0.39 is 17.5 Å². The number of ether oxygens (including phenoxy) is 1. The number of amides is 1. The van der Waals surface area contributed by atoms with Crippen molar-refractivity contribution in [2.75, 3.05) is 17.2 Å². The van der Waals surface area contributed by atoms with E-state index in [1.165, 1.54) is 6.07 Å². The summed E-state index contributed by atoms with van der Waals surface area (Å²) in [5, 5.41) is 5.53. The molecule has 0 spiro atoms. The van der Waals surface area contributed by atoms with Gasteiger partial charge in [-0.25, -0.2) is 9.18 Å². The van der Waals surface area contributed by atoms with Gasteiger partial charge >= 0.3 is 6.09 Å². The van der Waals surface area contributed by atoms with Gasteiger partial charge in [0.2, 0.25) is 0 Å². The van der Waals surface area contributed by atoms with Crippen LogP contribution in [0.25, 0.3) is 0 Å². The van der Waals surface area contributed by atoms with E-state index in [0.717, 1.165) is 18.7 Å². The molecule has 1 aromatic rings. The third-order valence-corrected chi connectivity index (χ3v) is 2.18. The molecule has 0 fully saturated rings. The second-order valence-electron chi connectivity index (χ2n) is 5.25. The molecule has 0 atom stereocenters. The first-order valence-electron chi connectivity index (χ1n) is 6.35. The first-order chi connectivity index (χ1) is 8.81. The van der Waals surface area contributed by atoms with E-state index in [4.69, 9.17) is 4.74 Å². The number of nitrogens with one attached hydrogen (secondary N) is 2. The molecule has 2 N–H and O–H groups in total. The summed E-state index contributed by atoms with van der Waals surface area (Å²) in [5.41, 5.74) is 0.253. The molecule has 0 bridgehead atoms. The predicted octanol–water partition coefficient (Wildman–Crippen LogP) is 3.99. The zero-order valence-corrected chi connectivity index (χ0v) is 11.8. The Morgan fingerprint density at radius 2 is 2.05 bits per heavy atom. The monoisotopic (exact) mass is 268 g/mol. The Morgan fingerprint density at radius 3 is 2.63 bits per heavy atom. The normalized spacial score (nSPS) is 11.0. The van der Waals surface area contributed by atoms with Gasteiger partial charge in [0, 0.05) is 12.2 Å². The van der Waals surface area contributed by atoms with Crippen molar-refractivity contribution in [3.8, 4) is 0 Å². The molecule has 106 valence electrons. The third-order valence-electron chi connectivity index (χ3n) is 2.18. The van der Waals surface area contributed by atoms with Crippen molar-refractivity contribution in [3.63, 3.8) is 0 Å². The van der Waals surface area contributed by atoms with E-state index in [2.05, 4.69) is 10.6 Å². The number of anilines is 2. The Bertz CT molecular complexity index is 442. The molecule has 5 heteroatoms. The molecule has 1 aromatic carbocycles. The molecule has 19 heavy (non-hydrogen) atoms. The highest BCUT2D eigenvalue weighted by molar-refractivity contribution is 5.85. The Hall–Kier alpha value is -1.78. The summed E-state index contributed by atoms with van der Waals surface area (Å²) in [6, 6.07) is 4.49. The first-order valence-corrected chi connectivity index (χ1v) is 6.35. The SMILES string of the molecule is CCCNc1ccc(F)c(NC(=O)OC(C)(C)C)c1. The second-order valence-corrected chi connectivity index (χ2v) is 5.25. The molecular weight excluding hydrogens is 247 g/mol. The van der Waals surface area contributed by atoms with Gasteiger partial charge in [0.05, 0.1) is 5.69 Å². The molecule has 0 radical (unpaired) electrons. The topological polar surface area (TPSA) is 50.4 Å². The van der Waals surface area contributed by atoms with Crippen LogP contribution in [0.15, 0.2) is 18.2 Å². The van der Waals surface area contributed by atoms with Crippen molar-refractivity contribution in [3.05, 3.63) is 24.0 Å². The fraction of sp³-hybridized carbons (Fsp3) is 0.500. The second kappa shape index (κ2) is 6.41. The number of halogens is 1. The largest absolute Gasteiger partial charge is 0.444 e. The molecule has 4 nitrogen and oxygen atoms in total. The lowest BCUT2D eigenvalue weighted by Crippen LogP contribution is -2.27. The zero-order chi connectivity index (χ0) is 14.5. The van der Waals surface area contributed by atoms with Crippen molar-refractivity contribution in [2.45, 2.75) is 39.7 Å². The van der Waals surface area contributed by atoms with Crippen molar-refractivity contribution < 1.29 is 13.9 Å². The van der Waals surface area contributed by atoms with E-state index in [-0.39, 0.29) is 5.69 Å². The smallest absolute Gasteiger partial charge is 0.412 e. The van der Waals surface area contributed by atoms with Crippen LogP contribution >= 0.6 is 0 Å². The van der Waals surface area contributed by atoms with E-state index >= 15 is 0 Å². The Balaban J connectivity index is 2.73. The fourth-order valence-electron chi connectivity index (χ4n) is 1.41. The minimum atomic E-state index is -0.668. The van der Waals surface area contributed by atoms with Gasteiger partial charge in [0.15, 0.2) is 0 Å². The molecule has 0 saturated heterocycles. The first kappa shape index (κ1) is 15.3. The number of hydrogen-bond donors (Lipinski definition) is 2. The quantitative estimate of drug-likeness (QED) is 0.868. The standard InChI is InChI=1S/C14H21FN2O2/c1-5-8-16-10-6-7-11(15)12(9-10)17-13(18)19-14(2,3)4/h6-7,9,16H,5,8H2,1-4H3,(H,17,18). The number of carbonyl (C=O) groups excluding carboxylic acids is 1. The van der Waals surface area contributed by atoms with E-state index in [1.807, 2.05) is 6.92 Å². The van der Waals surface area contributed by atoms with Crippen molar-refractivity contribution in [1.82, 2.24) is 0 Å². The average Bonchev–Trinajstić information content (AvgIpc) is 2.27. The van der Waals surface area contributed by atoms with Crippen LogP contribution < -0.4 is 10.6 Å². The highest BCUT2D eigenvalue weighted by atomic mass is 19.1. The van der Waals surface area contributed by atoms with Crippen LogP contribution in [0.4, 0.5) is 20.6 Å². The average molecular weight is 268 g/mol. The van der Waals surface area contributed by atoms with Crippen LogP contribution in [-0.2, 0) is 4.74 Å². The molecule has 0 unspecified atom stereocenters. The summed E-state index contributed by atoms with van der Waals surface area (Å²) in [4.78, 5) is 11.6. The molecule has 1 amide bonds. The highest BCUT2D eigenvalue weighted by Gasteiger charge is 2.17. The lowest BCUT2D eigenvalue weighted by molar-refractivity contribution is 0.0635. The predicted molar refractivity (Wildman–Crippen MR) is 75.0 cm³/mol.